The Bertz CT molecular complexity index is 830. The normalized spacial score (nSPS) is 15.4. The Morgan fingerprint density at radius 3 is 2.33 bits per heavy atom. The van der Waals surface area contributed by atoms with Crippen molar-refractivity contribution in [1.82, 2.24) is 0 Å². The lowest BCUT2D eigenvalue weighted by atomic mass is 9.89. The number of hydrogen-bond acceptors (Lipinski definition) is 3. The van der Waals surface area contributed by atoms with Crippen LogP contribution in [0.2, 0.25) is 5.02 Å². The lowest BCUT2D eigenvalue weighted by Gasteiger charge is -2.31. The highest BCUT2D eigenvalue weighted by atomic mass is 35.5. The van der Waals surface area contributed by atoms with E-state index in [-0.39, 0.29) is 5.56 Å². The molecule has 1 fully saturated rings. The van der Waals surface area contributed by atoms with Crippen molar-refractivity contribution in [2.24, 2.45) is 5.73 Å². The number of nitrogens with zero attached hydrogens (tertiary/aromatic N) is 1. The highest BCUT2D eigenvalue weighted by molar-refractivity contribution is 6.30. The van der Waals surface area contributed by atoms with Crippen LogP contribution in [0.5, 0.6) is 0 Å². The van der Waals surface area contributed by atoms with E-state index in [1.165, 1.54) is 18.6 Å². The van der Waals surface area contributed by atoms with E-state index in [1.54, 1.807) is 12.1 Å². The van der Waals surface area contributed by atoms with Crippen molar-refractivity contribution in [2.45, 2.75) is 31.6 Å². The van der Waals surface area contributed by atoms with Gasteiger partial charge in [0.05, 0.1) is 11.5 Å². The molecule has 0 aliphatic carbocycles. The molecule has 2 aromatic carbocycles. The minimum atomic E-state index is -1.00. The molecule has 1 atom stereocenters. The van der Waals surface area contributed by atoms with Crippen molar-refractivity contribution in [3.8, 4) is 0 Å². The molecule has 142 valence electrons. The average molecular weight is 387 g/mol. The maximum absolute atomic E-state index is 12.2. The summed E-state index contributed by atoms with van der Waals surface area (Å²) in [4.78, 5) is 25.5. The first-order valence-corrected chi connectivity index (χ1v) is 9.49. The molecule has 1 amide bonds. The summed E-state index contributed by atoms with van der Waals surface area (Å²) in [6.07, 6.45) is 3.96. The fourth-order valence-corrected chi connectivity index (χ4v) is 3.82. The lowest BCUT2D eigenvalue weighted by Crippen LogP contribution is -2.31. The van der Waals surface area contributed by atoms with Crippen molar-refractivity contribution in [1.29, 1.82) is 0 Å². The Hall–Kier alpha value is -2.53. The number of hydrogen-bond donors (Lipinski definition) is 2. The molecule has 1 unspecified atom stereocenters. The third kappa shape index (κ3) is 4.61. The van der Waals surface area contributed by atoms with E-state index >= 15 is 0 Å². The third-order valence-electron chi connectivity index (χ3n) is 5.07. The van der Waals surface area contributed by atoms with Gasteiger partial charge in [0.15, 0.2) is 0 Å². The number of aromatic carboxylic acids is 1. The number of halogens is 1. The minimum Gasteiger partial charge on any atom is -0.478 e. The van der Waals surface area contributed by atoms with Crippen LogP contribution in [0.1, 0.15) is 46.7 Å². The number of rotatable bonds is 6. The van der Waals surface area contributed by atoms with E-state index in [0.717, 1.165) is 37.2 Å². The summed E-state index contributed by atoms with van der Waals surface area (Å²) in [7, 11) is 0. The van der Waals surface area contributed by atoms with Crippen molar-refractivity contribution >= 4 is 29.2 Å². The third-order valence-corrected chi connectivity index (χ3v) is 5.30. The molecular formula is C21H23ClN2O3. The standard InChI is InChI=1S/C21H23ClN2O3/c22-17-8-9-19(24-10-2-1-3-11-24)16(12-17)13-18(20(23)25)14-4-6-15(7-5-14)21(26)27/h4-9,12,18H,1-3,10-11,13H2,(H2,23,25)(H,26,27). The van der Waals surface area contributed by atoms with Gasteiger partial charge in [0.1, 0.15) is 0 Å². The van der Waals surface area contributed by atoms with Gasteiger partial charge >= 0.3 is 5.97 Å². The Balaban J connectivity index is 1.91. The van der Waals surface area contributed by atoms with Crippen molar-refractivity contribution in [2.75, 3.05) is 18.0 Å². The molecule has 2 aromatic rings. The number of carbonyl (C=O) groups excluding carboxylic acids is 1. The fraction of sp³-hybridized carbons (Fsp3) is 0.333. The minimum absolute atomic E-state index is 0.179. The Morgan fingerprint density at radius 2 is 1.74 bits per heavy atom. The number of benzene rings is 2. The molecule has 3 N–H and O–H groups in total. The van der Waals surface area contributed by atoms with Crippen molar-refractivity contribution in [3.63, 3.8) is 0 Å². The van der Waals surface area contributed by atoms with Gasteiger partial charge in [0, 0.05) is 23.8 Å². The Kier molecular flexibility index (Phi) is 6.01. The summed E-state index contributed by atoms with van der Waals surface area (Å²) in [6.45, 7) is 1.98. The molecule has 0 bridgehead atoms. The molecule has 6 heteroatoms. The zero-order valence-corrected chi connectivity index (χ0v) is 15.8. The monoisotopic (exact) mass is 386 g/mol. The smallest absolute Gasteiger partial charge is 0.335 e. The molecule has 0 radical (unpaired) electrons. The summed E-state index contributed by atoms with van der Waals surface area (Å²) in [5.41, 5.74) is 8.64. The molecule has 1 heterocycles. The Labute approximate surface area is 163 Å². The number of amides is 1. The average Bonchev–Trinajstić information content (AvgIpc) is 2.67. The van der Waals surface area contributed by atoms with Gasteiger partial charge < -0.3 is 15.7 Å². The molecule has 27 heavy (non-hydrogen) atoms. The molecule has 1 saturated heterocycles. The van der Waals surface area contributed by atoms with Crippen LogP contribution < -0.4 is 10.6 Å². The SMILES string of the molecule is NC(=O)C(Cc1cc(Cl)ccc1N1CCCCC1)c1ccc(C(=O)O)cc1. The number of anilines is 1. The lowest BCUT2D eigenvalue weighted by molar-refractivity contribution is -0.119. The largest absolute Gasteiger partial charge is 0.478 e. The molecule has 1 aliphatic heterocycles. The van der Waals surface area contributed by atoms with Gasteiger partial charge in [-0.3, -0.25) is 4.79 Å². The molecule has 5 nitrogen and oxygen atoms in total. The molecule has 0 aromatic heterocycles. The van der Waals surface area contributed by atoms with Crippen LogP contribution >= 0.6 is 11.6 Å². The van der Waals surface area contributed by atoms with Crippen molar-refractivity contribution < 1.29 is 14.7 Å². The summed E-state index contributed by atoms with van der Waals surface area (Å²) < 4.78 is 0. The number of piperidine rings is 1. The first-order valence-electron chi connectivity index (χ1n) is 9.11. The zero-order chi connectivity index (χ0) is 19.4. The summed E-state index contributed by atoms with van der Waals surface area (Å²) in [5.74, 6) is -1.99. The van der Waals surface area contributed by atoms with E-state index in [4.69, 9.17) is 22.4 Å². The van der Waals surface area contributed by atoms with Crippen LogP contribution in [0.3, 0.4) is 0 Å². The zero-order valence-electron chi connectivity index (χ0n) is 15.0. The number of nitrogens with two attached hydrogens (primary N) is 1. The highest BCUT2D eigenvalue weighted by Crippen LogP contribution is 2.31. The van der Waals surface area contributed by atoms with Crippen LogP contribution in [-0.4, -0.2) is 30.1 Å². The van der Waals surface area contributed by atoms with Gasteiger partial charge in [-0.1, -0.05) is 23.7 Å². The second-order valence-electron chi connectivity index (χ2n) is 6.91. The fourth-order valence-electron chi connectivity index (χ4n) is 3.62. The van der Waals surface area contributed by atoms with Gasteiger partial charge in [-0.2, -0.15) is 0 Å². The molecule has 0 spiro atoms. The van der Waals surface area contributed by atoms with Crippen LogP contribution in [-0.2, 0) is 11.2 Å². The molecule has 0 saturated carbocycles. The van der Waals surface area contributed by atoms with Crippen LogP contribution in [0, 0.1) is 0 Å². The predicted octanol–water partition coefficient (Wildman–Crippen LogP) is 3.84. The second-order valence-corrected chi connectivity index (χ2v) is 7.34. The van der Waals surface area contributed by atoms with Gasteiger partial charge in [-0.05, 0) is 67.1 Å². The van der Waals surface area contributed by atoms with Gasteiger partial charge in [-0.25, -0.2) is 4.79 Å². The Morgan fingerprint density at radius 1 is 1.07 bits per heavy atom. The molecular weight excluding hydrogens is 364 g/mol. The highest BCUT2D eigenvalue weighted by Gasteiger charge is 2.23. The van der Waals surface area contributed by atoms with Gasteiger partial charge in [0.2, 0.25) is 5.91 Å². The quantitative estimate of drug-likeness (QED) is 0.790. The number of carboxylic acid groups (broad SMARTS) is 1. The maximum atomic E-state index is 12.2. The topological polar surface area (TPSA) is 83.6 Å². The number of primary amides is 1. The summed E-state index contributed by atoms with van der Waals surface area (Å²) in [5, 5.41) is 9.68. The summed E-state index contributed by atoms with van der Waals surface area (Å²) in [6, 6.07) is 12.1. The van der Waals surface area contributed by atoms with Crippen LogP contribution in [0.4, 0.5) is 5.69 Å². The number of carbonyl (C=O) groups is 2. The van der Waals surface area contributed by atoms with E-state index in [2.05, 4.69) is 4.90 Å². The van der Waals surface area contributed by atoms with Crippen molar-refractivity contribution in [3.05, 3.63) is 64.2 Å². The van der Waals surface area contributed by atoms with E-state index < -0.39 is 17.8 Å². The first-order chi connectivity index (χ1) is 13.0. The molecule has 1 aliphatic rings. The van der Waals surface area contributed by atoms with Crippen LogP contribution in [0.15, 0.2) is 42.5 Å². The predicted molar refractivity (Wildman–Crippen MR) is 107 cm³/mol. The van der Waals surface area contributed by atoms with E-state index in [9.17, 15) is 9.59 Å². The first kappa shape index (κ1) is 19.2. The summed E-state index contributed by atoms with van der Waals surface area (Å²) >= 11 is 6.22. The van der Waals surface area contributed by atoms with Crippen LogP contribution in [0.25, 0.3) is 0 Å². The van der Waals surface area contributed by atoms with E-state index in [1.807, 2.05) is 18.2 Å². The van der Waals surface area contributed by atoms with E-state index in [0.29, 0.717) is 17.0 Å². The maximum Gasteiger partial charge on any atom is 0.335 e. The molecule has 3 rings (SSSR count). The number of carboxylic acids is 1. The second kappa shape index (κ2) is 8.44. The van der Waals surface area contributed by atoms with Gasteiger partial charge in [0.25, 0.3) is 0 Å². The van der Waals surface area contributed by atoms with Gasteiger partial charge in [-0.15, -0.1) is 0 Å².